The SMILES string of the molecule is CC(C)(C)OC(=O)NC1CC(Nc2ccccc2CO)C1. The Hall–Kier alpha value is -1.75. The second-order valence-electron chi connectivity index (χ2n) is 6.47. The van der Waals surface area contributed by atoms with E-state index in [1.54, 1.807) is 0 Å². The van der Waals surface area contributed by atoms with Gasteiger partial charge in [0, 0.05) is 23.3 Å². The van der Waals surface area contributed by atoms with Crippen molar-refractivity contribution >= 4 is 11.8 Å². The molecule has 2 rings (SSSR count). The Kier molecular flexibility index (Phi) is 4.73. The van der Waals surface area contributed by atoms with Crippen LogP contribution in [0.3, 0.4) is 0 Å². The van der Waals surface area contributed by atoms with E-state index in [2.05, 4.69) is 10.6 Å². The Labute approximate surface area is 125 Å². The zero-order chi connectivity index (χ0) is 15.5. The van der Waals surface area contributed by atoms with Crippen molar-refractivity contribution in [2.45, 2.75) is 57.9 Å². The Morgan fingerprint density at radius 1 is 1.29 bits per heavy atom. The first kappa shape index (κ1) is 15.6. The lowest BCUT2D eigenvalue weighted by atomic mass is 9.86. The lowest BCUT2D eigenvalue weighted by molar-refractivity contribution is 0.0475. The van der Waals surface area contributed by atoms with Gasteiger partial charge in [-0.25, -0.2) is 4.79 Å². The van der Waals surface area contributed by atoms with Crippen LogP contribution in [-0.2, 0) is 11.3 Å². The number of carbonyl (C=O) groups is 1. The molecule has 1 fully saturated rings. The number of ether oxygens (including phenoxy) is 1. The molecule has 1 amide bonds. The molecule has 1 aromatic rings. The number of para-hydroxylation sites is 1. The van der Waals surface area contributed by atoms with Crippen molar-refractivity contribution in [3.05, 3.63) is 29.8 Å². The van der Waals surface area contributed by atoms with Gasteiger partial charge in [-0.05, 0) is 39.7 Å². The average Bonchev–Trinajstić information content (AvgIpc) is 2.34. The lowest BCUT2D eigenvalue weighted by Gasteiger charge is -2.37. The van der Waals surface area contributed by atoms with E-state index in [-0.39, 0.29) is 18.7 Å². The maximum atomic E-state index is 11.6. The first-order chi connectivity index (χ1) is 9.87. The Balaban J connectivity index is 1.76. The van der Waals surface area contributed by atoms with Crippen LogP contribution >= 0.6 is 0 Å². The van der Waals surface area contributed by atoms with Crippen LogP contribution in [-0.4, -0.2) is 28.9 Å². The number of hydrogen-bond donors (Lipinski definition) is 3. The molecular weight excluding hydrogens is 268 g/mol. The first-order valence-corrected chi connectivity index (χ1v) is 7.32. The van der Waals surface area contributed by atoms with Crippen LogP contribution in [0.25, 0.3) is 0 Å². The van der Waals surface area contributed by atoms with Gasteiger partial charge in [-0.3, -0.25) is 0 Å². The van der Waals surface area contributed by atoms with E-state index in [0.29, 0.717) is 6.04 Å². The first-order valence-electron chi connectivity index (χ1n) is 7.32. The molecule has 5 heteroatoms. The second kappa shape index (κ2) is 6.35. The standard InChI is InChI=1S/C16H24N2O3/c1-16(2,3)21-15(20)18-13-8-12(9-13)17-14-7-5-4-6-11(14)10-19/h4-7,12-13,17,19H,8-10H2,1-3H3,(H,18,20). The molecule has 0 heterocycles. The summed E-state index contributed by atoms with van der Waals surface area (Å²) in [6, 6.07) is 8.18. The molecule has 0 bridgehead atoms. The minimum atomic E-state index is -0.467. The second-order valence-corrected chi connectivity index (χ2v) is 6.47. The molecule has 0 radical (unpaired) electrons. The van der Waals surface area contributed by atoms with Gasteiger partial charge in [0.05, 0.1) is 6.61 Å². The number of aliphatic hydroxyl groups is 1. The fourth-order valence-corrected chi connectivity index (χ4v) is 2.35. The van der Waals surface area contributed by atoms with E-state index in [1.807, 2.05) is 45.0 Å². The van der Waals surface area contributed by atoms with E-state index in [0.717, 1.165) is 24.1 Å². The molecule has 0 saturated heterocycles. The van der Waals surface area contributed by atoms with Gasteiger partial charge in [0.1, 0.15) is 5.60 Å². The maximum Gasteiger partial charge on any atom is 0.407 e. The molecule has 3 N–H and O–H groups in total. The van der Waals surface area contributed by atoms with Crippen LogP contribution in [0.1, 0.15) is 39.2 Å². The van der Waals surface area contributed by atoms with Crippen LogP contribution in [0.2, 0.25) is 0 Å². The number of carbonyl (C=O) groups excluding carboxylic acids is 1. The predicted molar refractivity (Wildman–Crippen MR) is 82.2 cm³/mol. The lowest BCUT2D eigenvalue weighted by Crippen LogP contribution is -2.50. The van der Waals surface area contributed by atoms with Crippen molar-refractivity contribution in [3.8, 4) is 0 Å². The Morgan fingerprint density at radius 3 is 2.57 bits per heavy atom. The molecular formula is C16H24N2O3. The summed E-state index contributed by atoms with van der Waals surface area (Å²) in [4.78, 5) is 11.6. The van der Waals surface area contributed by atoms with E-state index in [1.165, 1.54) is 0 Å². The normalized spacial score (nSPS) is 21.3. The molecule has 116 valence electrons. The van der Waals surface area contributed by atoms with Gasteiger partial charge in [0.15, 0.2) is 0 Å². The smallest absolute Gasteiger partial charge is 0.407 e. The van der Waals surface area contributed by atoms with Crippen molar-refractivity contribution in [1.29, 1.82) is 0 Å². The van der Waals surface area contributed by atoms with Gasteiger partial charge in [0.25, 0.3) is 0 Å². The Morgan fingerprint density at radius 2 is 1.95 bits per heavy atom. The van der Waals surface area contributed by atoms with E-state index in [4.69, 9.17) is 4.74 Å². The minimum absolute atomic E-state index is 0.0233. The summed E-state index contributed by atoms with van der Waals surface area (Å²) >= 11 is 0. The monoisotopic (exact) mass is 292 g/mol. The molecule has 1 saturated carbocycles. The third-order valence-electron chi connectivity index (χ3n) is 3.41. The molecule has 0 unspecified atom stereocenters. The summed E-state index contributed by atoms with van der Waals surface area (Å²) in [6.45, 7) is 5.58. The molecule has 1 aromatic carbocycles. The molecule has 0 atom stereocenters. The fraction of sp³-hybridized carbons (Fsp3) is 0.562. The molecule has 5 nitrogen and oxygen atoms in total. The van der Waals surface area contributed by atoms with Crippen LogP contribution in [0.5, 0.6) is 0 Å². The van der Waals surface area contributed by atoms with Crippen LogP contribution in [0.4, 0.5) is 10.5 Å². The summed E-state index contributed by atoms with van der Waals surface area (Å²) in [5, 5.41) is 15.6. The van der Waals surface area contributed by atoms with Crippen molar-refractivity contribution in [2.24, 2.45) is 0 Å². The minimum Gasteiger partial charge on any atom is -0.444 e. The molecule has 0 aliphatic heterocycles. The highest BCUT2D eigenvalue weighted by Crippen LogP contribution is 2.26. The number of benzene rings is 1. The van der Waals surface area contributed by atoms with Gasteiger partial charge in [-0.2, -0.15) is 0 Å². The van der Waals surface area contributed by atoms with Crippen molar-refractivity contribution < 1.29 is 14.6 Å². The third-order valence-corrected chi connectivity index (χ3v) is 3.41. The van der Waals surface area contributed by atoms with Crippen LogP contribution < -0.4 is 10.6 Å². The van der Waals surface area contributed by atoms with E-state index in [9.17, 15) is 9.90 Å². The third kappa shape index (κ3) is 4.63. The van der Waals surface area contributed by atoms with E-state index >= 15 is 0 Å². The summed E-state index contributed by atoms with van der Waals surface area (Å²) in [6.07, 6.45) is 1.36. The van der Waals surface area contributed by atoms with Crippen LogP contribution in [0.15, 0.2) is 24.3 Å². The molecule has 1 aliphatic carbocycles. The summed E-state index contributed by atoms with van der Waals surface area (Å²) in [5.74, 6) is 0. The number of amides is 1. The zero-order valence-electron chi connectivity index (χ0n) is 12.8. The molecule has 1 aliphatic rings. The molecule has 0 aromatic heterocycles. The van der Waals surface area contributed by atoms with Gasteiger partial charge in [0.2, 0.25) is 0 Å². The molecule has 0 spiro atoms. The summed E-state index contributed by atoms with van der Waals surface area (Å²) in [7, 11) is 0. The number of hydrogen-bond acceptors (Lipinski definition) is 4. The zero-order valence-corrected chi connectivity index (χ0v) is 12.8. The number of anilines is 1. The maximum absolute atomic E-state index is 11.6. The van der Waals surface area contributed by atoms with Gasteiger partial charge in [-0.1, -0.05) is 18.2 Å². The van der Waals surface area contributed by atoms with Gasteiger partial charge < -0.3 is 20.5 Å². The largest absolute Gasteiger partial charge is 0.444 e. The number of alkyl carbamates (subject to hydrolysis) is 1. The Bertz CT molecular complexity index is 491. The van der Waals surface area contributed by atoms with Gasteiger partial charge >= 0.3 is 6.09 Å². The number of aliphatic hydroxyl groups excluding tert-OH is 1. The van der Waals surface area contributed by atoms with Gasteiger partial charge in [-0.15, -0.1) is 0 Å². The average molecular weight is 292 g/mol. The highest BCUT2D eigenvalue weighted by molar-refractivity contribution is 5.68. The number of nitrogens with one attached hydrogen (secondary N) is 2. The highest BCUT2D eigenvalue weighted by atomic mass is 16.6. The fourth-order valence-electron chi connectivity index (χ4n) is 2.35. The van der Waals surface area contributed by atoms with Crippen molar-refractivity contribution in [3.63, 3.8) is 0 Å². The number of rotatable bonds is 4. The van der Waals surface area contributed by atoms with Crippen molar-refractivity contribution in [1.82, 2.24) is 5.32 Å². The summed E-state index contributed by atoms with van der Waals surface area (Å²) < 4.78 is 5.23. The van der Waals surface area contributed by atoms with Crippen molar-refractivity contribution in [2.75, 3.05) is 5.32 Å². The topological polar surface area (TPSA) is 70.6 Å². The van der Waals surface area contributed by atoms with E-state index < -0.39 is 5.60 Å². The predicted octanol–water partition coefficient (Wildman–Crippen LogP) is 2.65. The quantitative estimate of drug-likeness (QED) is 0.798. The molecule has 21 heavy (non-hydrogen) atoms. The highest BCUT2D eigenvalue weighted by Gasteiger charge is 2.31. The summed E-state index contributed by atoms with van der Waals surface area (Å²) in [5.41, 5.74) is 1.38. The van der Waals surface area contributed by atoms with Crippen LogP contribution in [0, 0.1) is 0 Å².